The molecule has 21 heavy (non-hydrogen) atoms. The molecule has 0 saturated carbocycles. The number of benzene rings is 1. The van der Waals surface area contributed by atoms with E-state index in [2.05, 4.69) is 20.9 Å². The van der Waals surface area contributed by atoms with Crippen LogP contribution < -0.4 is 4.74 Å². The number of carbonyl (C=O) groups is 1. The van der Waals surface area contributed by atoms with Crippen LogP contribution in [0.1, 0.15) is 16.1 Å². The Labute approximate surface area is 126 Å². The van der Waals surface area contributed by atoms with Crippen molar-refractivity contribution in [1.82, 2.24) is 4.98 Å². The lowest BCUT2D eigenvalue weighted by atomic mass is 10.1. The monoisotopic (exact) mass is 359 g/mol. The van der Waals surface area contributed by atoms with Gasteiger partial charge in [0, 0.05) is 11.6 Å². The number of Topliss-reactive ketones (excluding diaryl/α,β-unsaturated/α-hetero) is 1. The summed E-state index contributed by atoms with van der Waals surface area (Å²) < 4.78 is 42.9. The zero-order valence-electron chi connectivity index (χ0n) is 10.5. The van der Waals surface area contributed by atoms with Gasteiger partial charge < -0.3 is 4.74 Å². The van der Waals surface area contributed by atoms with Crippen LogP contribution in [0.15, 0.2) is 42.5 Å². The van der Waals surface area contributed by atoms with Gasteiger partial charge in [0.05, 0.1) is 5.33 Å². The third-order valence-electron chi connectivity index (χ3n) is 2.51. The molecule has 0 fully saturated rings. The van der Waals surface area contributed by atoms with Crippen LogP contribution in [-0.2, 0) is 6.18 Å². The Kier molecular flexibility index (Phi) is 4.62. The molecule has 2 rings (SSSR count). The zero-order valence-corrected chi connectivity index (χ0v) is 12.1. The lowest BCUT2D eigenvalue weighted by molar-refractivity contribution is -0.141. The van der Waals surface area contributed by atoms with E-state index in [1.165, 1.54) is 24.3 Å². The minimum atomic E-state index is -4.53. The van der Waals surface area contributed by atoms with Gasteiger partial charge in [0.1, 0.15) is 11.4 Å². The molecular formula is C14H9BrF3NO2. The van der Waals surface area contributed by atoms with Crippen molar-refractivity contribution in [3.05, 3.63) is 53.7 Å². The van der Waals surface area contributed by atoms with E-state index in [0.29, 0.717) is 5.56 Å². The van der Waals surface area contributed by atoms with E-state index < -0.39 is 11.9 Å². The van der Waals surface area contributed by atoms with Crippen molar-refractivity contribution >= 4 is 21.7 Å². The number of rotatable bonds is 4. The Morgan fingerprint density at radius 2 is 1.90 bits per heavy atom. The van der Waals surface area contributed by atoms with Crippen molar-refractivity contribution < 1.29 is 22.7 Å². The molecule has 110 valence electrons. The second kappa shape index (κ2) is 6.26. The van der Waals surface area contributed by atoms with Crippen LogP contribution in [0.4, 0.5) is 13.2 Å². The molecule has 3 nitrogen and oxygen atoms in total. The number of ketones is 1. The van der Waals surface area contributed by atoms with E-state index in [1.54, 1.807) is 12.1 Å². The average Bonchev–Trinajstić information content (AvgIpc) is 2.46. The number of alkyl halides is 4. The van der Waals surface area contributed by atoms with Gasteiger partial charge in [0.25, 0.3) is 0 Å². The number of aromatic nitrogens is 1. The topological polar surface area (TPSA) is 39.2 Å². The summed E-state index contributed by atoms with van der Waals surface area (Å²) in [4.78, 5) is 14.9. The maximum absolute atomic E-state index is 12.6. The minimum absolute atomic E-state index is 0.151. The second-order valence-corrected chi connectivity index (χ2v) is 4.61. The lowest BCUT2D eigenvalue weighted by Gasteiger charge is -2.09. The number of pyridine rings is 1. The third-order valence-corrected chi connectivity index (χ3v) is 3.02. The van der Waals surface area contributed by atoms with Crippen LogP contribution in [0.3, 0.4) is 0 Å². The largest absolute Gasteiger partial charge is 0.439 e. The highest BCUT2D eigenvalue weighted by atomic mass is 79.9. The minimum Gasteiger partial charge on any atom is -0.439 e. The van der Waals surface area contributed by atoms with Crippen molar-refractivity contribution in [3.63, 3.8) is 0 Å². The SMILES string of the molecule is O=C(CBr)c1cccc(Oc2cccc(C(F)(F)F)n2)c1. The first-order valence-corrected chi connectivity index (χ1v) is 6.93. The highest BCUT2D eigenvalue weighted by Gasteiger charge is 2.32. The van der Waals surface area contributed by atoms with Crippen molar-refractivity contribution in [1.29, 1.82) is 0 Å². The van der Waals surface area contributed by atoms with Crippen LogP contribution in [0, 0.1) is 0 Å². The van der Waals surface area contributed by atoms with Gasteiger partial charge in [0.2, 0.25) is 5.88 Å². The fraction of sp³-hybridized carbons (Fsp3) is 0.143. The van der Waals surface area contributed by atoms with E-state index in [1.807, 2.05) is 0 Å². The lowest BCUT2D eigenvalue weighted by Crippen LogP contribution is -2.08. The fourth-order valence-electron chi connectivity index (χ4n) is 1.56. The number of carbonyl (C=O) groups excluding carboxylic acids is 1. The molecule has 0 N–H and O–H groups in total. The van der Waals surface area contributed by atoms with E-state index in [4.69, 9.17) is 4.74 Å². The molecule has 0 aliphatic heterocycles. The van der Waals surface area contributed by atoms with Crippen LogP contribution in [-0.4, -0.2) is 16.1 Å². The van der Waals surface area contributed by atoms with Gasteiger partial charge in [-0.05, 0) is 18.2 Å². The standard InChI is InChI=1S/C14H9BrF3NO2/c15-8-11(20)9-3-1-4-10(7-9)21-13-6-2-5-12(19-13)14(16,17)18/h1-7H,8H2. The number of ether oxygens (including phenoxy) is 1. The Hall–Kier alpha value is -1.89. The van der Waals surface area contributed by atoms with Crippen molar-refractivity contribution in [3.8, 4) is 11.6 Å². The summed E-state index contributed by atoms with van der Waals surface area (Å²) >= 11 is 3.05. The van der Waals surface area contributed by atoms with Crippen molar-refractivity contribution in [2.24, 2.45) is 0 Å². The van der Waals surface area contributed by atoms with E-state index in [9.17, 15) is 18.0 Å². The number of nitrogens with zero attached hydrogens (tertiary/aromatic N) is 1. The fourth-order valence-corrected chi connectivity index (χ4v) is 1.88. The highest BCUT2D eigenvalue weighted by Crippen LogP contribution is 2.30. The van der Waals surface area contributed by atoms with Gasteiger partial charge in [-0.3, -0.25) is 4.79 Å². The van der Waals surface area contributed by atoms with E-state index in [-0.39, 0.29) is 22.7 Å². The van der Waals surface area contributed by atoms with Gasteiger partial charge in [-0.25, -0.2) is 4.98 Å². The predicted octanol–water partition coefficient (Wildman–Crippen LogP) is 4.47. The maximum atomic E-state index is 12.6. The average molecular weight is 360 g/mol. The van der Waals surface area contributed by atoms with E-state index >= 15 is 0 Å². The zero-order chi connectivity index (χ0) is 15.5. The molecule has 0 bridgehead atoms. The summed E-state index contributed by atoms with van der Waals surface area (Å²) in [5.41, 5.74) is -0.635. The first-order chi connectivity index (χ1) is 9.90. The summed E-state index contributed by atoms with van der Waals surface area (Å²) in [6.45, 7) is 0. The molecule has 0 aliphatic carbocycles. The van der Waals surface area contributed by atoms with Gasteiger partial charge in [0.15, 0.2) is 5.78 Å². The summed E-state index contributed by atoms with van der Waals surface area (Å²) in [5, 5.41) is 0.151. The molecule has 0 unspecified atom stereocenters. The molecule has 0 amide bonds. The molecular weight excluding hydrogens is 351 g/mol. The Morgan fingerprint density at radius 1 is 1.19 bits per heavy atom. The van der Waals surface area contributed by atoms with Crippen LogP contribution in [0.5, 0.6) is 11.6 Å². The predicted molar refractivity (Wildman–Crippen MR) is 73.9 cm³/mol. The Balaban J connectivity index is 2.24. The van der Waals surface area contributed by atoms with Gasteiger partial charge in [-0.2, -0.15) is 13.2 Å². The molecule has 0 aliphatic rings. The molecule has 1 aromatic heterocycles. The molecule has 7 heteroatoms. The highest BCUT2D eigenvalue weighted by molar-refractivity contribution is 9.09. The quantitative estimate of drug-likeness (QED) is 0.597. The number of hydrogen-bond donors (Lipinski definition) is 0. The van der Waals surface area contributed by atoms with Crippen LogP contribution in [0.25, 0.3) is 0 Å². The Morgan fingerprint density at radius 3 is 2.57 bits per heavy atom. The molecule has 1 aromatic carbocycles. The first kappa shape index (κ1) is 15.5. The smallest absolute Gasteiger partial charge is 0.433 e. The van der Waals surface area contributed by atoms with E-state index in [0.717, 1.165) is 6.07 Å². The van der Waals surface area contributed by atoms with Crippen molar-refractivity contribution in [2.45, 2.75) is 6.18 Å². The molecule has 1 heterocycles. The summed E-state index contributed by atoms with van der Waals surface area (Å²) in [6, 6.07) is 9.54. The summed E-state index contributed by atoms with van der Waals surface area (Å²) in [6.07, 6.45) is -4.53. The number of hydrogen-bond acceptors (Lipinski definition) is 3. The third kappa shape index (κ3) is 4.04. The maximum Gasteiger partial charge on any atom is 0.433 e. The normalized spacial score (nSPS) is 11.2. The second-order valence-electron chi connectivity index (χ2n) is 4.05. The van der Waals surface area contributed by atoms with Crippen LogP contribution in [0.2, 0.25) is 0 Å². The molecule has 0 saturated heterocycles. The van der Waals surface area contributed by atoms with Crippen LogP contribution >= 0.6 is 15.9 Å². The molecule has 0 atom stereocenters. The first-order valence-electron chi connectivity index (χ1n) is 5.81. The molecule has 0 radical (unpaired) electrons. The Bertz CT molecular complexity index is 659. The molecule has 0 spiro atoms. The van der Waals surface area contributed by atoms with Gasteiger partial charge >= 0.3 is 6.18 Å². The molecule has 2 aromatic rings. The van der Waals surface area contributed by atoms with Crippen molar-refractivity contribution in [2.75, 3.05) is 5.33 Å². The summed E-state index contributed by atoms with van der Waals surface area (Å²) in [7, 11) is 0. The van der Waals surface area contributed by atoms with Gasteiger partial charge in [-0.1, -0.05) is 34.1 Å². The number of halogens is 4. The summed E-state index contributed by atoms with van der Waals surface area (Å²) in [5.74, 6) is -0.0978. The van der Waals surface area contributed by atoms with Gasteiger partial charge in [-0.15, -0.1) is 0 Å².